The van der Waals surface area contributed by atoms with E-state index in [0.717, 1.165) is 53.8 Å². The van der Waals surface area contributed by atoms with Crippen LogP contribution in [-0.2, 0) is 0 Å². The van der Waals surface area contributed by atoms with Gasteiger partial charge in [0.1, 0.15) is 11.4 Å². The molecule has 5 heteroatoms. The van der Waals surface area contributed by atoms with Gasteiger partial charge in [0.05, 0.1) is 18.3 Å². The van der Waals surface area contributed by atoms with Crippen LogP contribution in [0.15, 0.2) is 54.6 Å². The third kappa shape index (κ3) is 3.81. The minimum Gasteiger partial charge on any atom is -0.494 e. The lowest BCUT2D eigenvalue weighted by atomic mass is 9.91. The fraction of sp³-hybridized carbons (Fsp3) is 0.407. The second-order valence-corrected chi connectivity index (χ2v) is 8.91. The number of hydrogen-bond donors (Lipinski definition) is 1. The Labute approximate surface area is 189 Å². The van der Waals surface area contributed by atoms with Gasteiger partial charge in [0.2, 0.25) is 0 Å². The van der Waals surface area contributed by atoms with Gasteiger partial charge in [0.15, 0.2) is 0 Å². The minimum atomic E-state index is -0.149. The van der Waals surface area contributed by atoms with E-state index >= 15 is 0 Å². The third-order valence-corrected chi connectivity index (χ3v) is 6.76. The number of fused-ring (bicyclic) bond motifs is 1. The molecule has 1 fully saturated rings. The van der Waals surface area contributed by atoms with Crippen molar-refractivity contribution in [2.75, 3.05) is 6.61 Å². The fourth-order valence-electron chi connectivity index (χ4n) is 5.15. The Balaban J connectivity index is 1.59. The molecule has 1 aromatic heterocycles. The zero-order valence-corrected chi connectivity index (χ0v) is 18.7. The molecule has 166 valence electrons. The molecule has 0 spiro atoms. The summed E-state index contributed by atoms with van der Waals surface area (Å²) in [5, 5.41) is 7.68. The largest absolute Gasteiger partial charge is 0.494 e. The molecule has 5 rings (SSSR count). The summed E-state index contributed by atoms with van der Waals surface area (Å²) in [6.45, 7) is 2.87. The highest BCUT2D eigenvalue weighted by Gasteiger charge is 2.45. The van der Waals surface area contributed by atoms with E-state index < -0.39 is 0 Å². The highest BCUT2D eigenvalue weighted by Crippen LogP contribution is 2.46. The Hall–Kier alpha value is -3.08. The lowest BCUT2D eigenvalue weighted by Crippen LogP contribution is -2.40. The highest BCUT2D eigenvalue weighted by molar-refractivity contribution is 6.00. The lowest BCUT2D eigenvalue weighted by molar-refractivity contribution is 0.0606. The summed E-state index contributed by atoms with van der Waals surface area (Å²) in [6.07, 6.45) is 7.88. The van der Waals surface area contributed by atoms with Crippen LogP contribution in [0.25, 0.3) is 11.3 Å². The number of rotatable bonds is 7. The molecule has 1 N–H and O–H groups in total. The number of ether oxygens (including phenoxy) is 1. The average molecular weight is 430 g/mol. The van der Waals surface area contributed by atoms with Crippen molar-refractivity contribution in [3.8, 4) is 17.0 Å². The van der Waals surface area contributed by atoms with E-state index in [1.54, 1.807) is 0 Å². The van der Waals surface area contributed by atoms with E-state index in [9.17, 15) is 4.79 Å². The van der Waals surface area contributed by atoms with Crippen molar-refractivity contribution >= 4 is 5.91 Å². The predicted molar refractivity (Wildman–Crippen MR) is 126 cm³/mol. The molecular weight excluding hydrogens is 398 g/mol. The Morgan fingerprint density at radius 1 is 1.06 bits per heavy atom. The van der Waals surface area contributed by atoms with Gasteiger partial charge in [0.25, 0.3) is 5.91 Å². The predicted octanol–water partition coefficient (Wildman–Crippen LogP) is 6.13. The van der Waals surface area contributed by atoms with Crippen molar-refractivity contribution in [2.24, 2.45) is 0 Å². The molecule has 1 atom stereocenters. The van der Waals surface area contributed by atoms with Crippen molar-refractivity contribution < 1.29 is 9.53 Å². The van der Waals surface area contributed by atoms with Crippen molar-refractivity contribution in [1.82, 2.24) is 15.1 Å². The quantitative estimate of drug-likeness (QED) is 0.459. The molecule has 1 saturated carbocycles. The topological polar surface area (TPSA) is 58.2 Å². The van der Waals surface area contributed by atoms with Crippen LogP contribution in [0.3, 0.4) is 0 Å². The Morgan fingerprint density at radius 3 is 2.66 bits per heavy atom. The zero-order valence-electron chi connectivity index (χ0n) is 18.7. The number of nitrogens with zero attached hydrogens (tertiary/aromatic N) is 2. The first kappa shape index (κ1) is 20.8. The molecule has 3 aromatic rings. The van der Waals surface area contributed by atoms with Gasteiger partial charge in [-0.3, -0.25) is 9.89 Å². The summed E-state index contributed by atoms with van der Waals surface area (Å²) in [5.74, 6) is 0.939. The molecule has 2 aromatic carbocycles. The van der Waals surface area contributed by atoms with Crippen molar-refractivity contribution in [1.29, 1.82) is 0 Å². The van der Waals surface area contributed by atoms with Crippen LogP contribution in [0.2, 0.25) is 0 Å². The first-order chi connectivity index (χ1) is 15.8. The summed E-state index contributed by atoms with van der Waals surface area (Å²) >= 11 is 0. The number of benzene rings is 2. The molecule has 5 nitrogen and oxygen atoms in total. The molecule has 1 unspecified atom stereocenters. The van der Waals surface area contributed by atoms with Gasteiger partial charge in [-0.1, -0.05) is 75.1 Å². The van der Waals surface area contributed by atoms with Gasteiger partial charge in [-0.05, 0) is 37.0 Å². The zero-order chi connectivity index (χ0) is 21.9. The van der Waals surface area contributed by atoms with Crippen LogP contribution < -0.4 is 4.74 Å². The molecular formula is C27H31N3O2. The standard InChI is InChI=1S/C27H31N3O2/c1-2-3-17-32-22-16-10-13-20(18-22)26-23-24(19-11-6-4-7-12-19)28-29-25(23)27(31)30(26)21-14-8-5-9-15-21/h4,6-7,10-13,16,18,21,26H,2-3,5,8-9,14-15,17H2,1H3,(H,28,29). The second kappa shape index (κ2) is 9.19. The van der Waals surface area contributed by atoms with E-state index in [-0.39, 0.29) is 18.0 Å². The number of unbranched alkanes of at least 4 members (excludes halogenated alkanes) is 1. The van der Waals surface area contributed by atoms with Crippen molar-refractivity contribution in [3.05, 3.63) is 71.4 Å². The lowest BCUT2D eigenvalue weighted by Gasteiger charge is -2.36. The SMILES string of the molecule is CCCCOc1cccc(C2c3c(-c4ccccc4)n[nH]c3C(=O)N2C2CCCCC2)c1. The number of hydrogen-bond acceptors (Lipinski definition) is 3. The maximum atomic E-state index is 13.6. The number of nitrogens with one attached hydrogen (secondary N) is 1. The van der Waals surface area contributed by atoms with Gasteiger partial charge in [-0.2, -0.15) is 5.10 Å². The molecule has 32 heavy (non-hydrogen) atoms. The second-order valence-electron chi connectivity index (χ2n) is 8.91. The smallest absolute Gasteiger partial charge is 0.273 e. The summed E-state index contributed by atoms with van der Waals surface area (Å²) in [7, 11) is 0. The number of aromatic amines is 1. The van der Waals surface area contributed by atoms with E-state index in [2.05, 4.69) is 46.3 Å². The van der Waals surface area contributed by atoms with Crippen LogP contribution in [-0.4, -0.2) is 33.7 Å². The maximum absolute atomic E-state index is 13.6. The number of H-pyrrole nitrogens is 1. The van der Waals surface area contributed by atoms with Crippen LogP contribution in [0.4, 0.5) is 0 Å². The molecule has 1 amide bonds. The van der Waals surface area contributed by atoms with E-state index in [0.29, 0.717) is 12.3 Å². The van der Waals surface area contributed by atoms with Gasteiger partial charge in [-0.15, -0.1) is 0 Å². The van der Waals surface area contributed by atoms with Crippen molar-refractivity contribution in [2.45, 2.75) is 64.0 Å². The first-order valence-corrected chi connectivity index (χ1v) is 12.0. The Bertz CT molecular complexity index is 1070. The highest BCUT2D eigenvalue weighted by atomic mass is 16.5. The molecule has 0 saturated heterocycles. The number of aromatic nitrogens is 2. The molecule has 0 radical (unpaired) electrons. The number of carbonyl (C=O) groups excluding carboxylic acids is 1. The normalized spacial score (nSPS) is 18.7. The molecule has 2 aliphatic rings. The van der Waals surface area contributed by atoms with Gasteiger partial charge in [-0.25, -0.2) is 0 Å². The third-order valence-electron chi connectivity index (χ3n) is 6.76. The summed E-state index contributed by atoms with van der Waals surface area (Å²) in [4.78, 5) is 15.8. The number of carbonyl (C=O) groups is 1. The Kier molecular flexibility index (Phi) is 5.97. The van der Waals surface area contributed by atoms with E-state index in [1.165, 1.54) is 19.3 Å². The van der Waals surface area contributed by atoms with Gasteiger partial charge < -0.3 is 9.64 Å². The van der Waals surface area contributed by atoms with E-state index in [4.69, 9.17) is 4.74 Å². The van der Waals surface area contributed by atoms with E-state index in [1.807, 2.05) is 30.3 Å². The molecule has 1 aliphatic heterocycles. The van der Waals surface area contributed by atoms with Crippen LogP contribution >= 0.6 is 0 Å². The Morgan fingerprint density at radius 2 is 1.88 bits per heavy atom. The average Bonchev–Trinajstić information content (AvgIpc) is 3.39. The molecule has 0 bridgehead atoms. The minimum absolute atomic E-state index is 0.0730. The van der Waals surface area contributed by atoms with Crippen LogP contribution in [0.5, 0.6) is 5.75 Å². The van der Waals surface area contributed by atoms with Crippen LogP contribution in [0, 0.1) is 0 Å². The first-order valence-electron chi connectivity index (χ1n) is 12.0. The summed E-state index contributed by atoms with van der Waals surface area (Å²) < 4.78 is 6.01. The number of amides is 1. The summed E-state index contributed by atoms with van der Waals surface area (Å²) in [5.41, 5.74) is 4.63. The maximum Gasteiger partial charge on any atom is 0.273 e. The van der Waals surface area contributed by atoms with Crippen LogP contribution in [0.1, 0.15) is 79.5 Å². The van der Waals surface area contributed by atoms with Crippen molar-refractivity contribution in [3.63, 3.8) is 0 Å². The fourth-order valence-corrected chi connectivity index (χ4v) is 5.15. The van der Waals surface area contributed by atoms with Gasteiger partial charge >= 0.3 is 0 Å². The molecule has 2 heterocycles. The summed E-state index contributed by atoms with van der Waals surface area (Å²) in [6, 6.07) is 18.6. The van der Waals surface area contributed by atoms with Gasteiger partial charge in [0, 0.05) is 17.2 Å². The molecule has 1 aliphatic carbocycles. The monoisotopic (exact) mass is 429 g/mol.